The second-order valence-corrected chi connectivity index (χ2v) is 6.24. The SMILES string of the molecule is C[C@H](CCn1cccn1)Nc1cccc(S(N)(=O)=O)c1. The van der Waals surface area contributed by atoms with Crippen molar-refractivity contribution in [1.82, 2.24) is 9.78 Å². The molecule has 0 unspecified atom stereocenters. The lowest BCUT2D eigenvalue weighted by molar-refractivity contribution is 0.545. The van der Waals surface area contributed by atoms with Gasteiger partial charge in [-0.25, -0.2) is 13.6 Å². The molecule has 108 valence electrons. The molecule has 0 aliphatic carbocycles. The quantitative estimate of drug-likeness (QED) is 0.843. The van der Waals surface area contributed by atoms with E-state index in [1.807, 2.05) is 29.9 Å². The molecular weight excluding hydrogens is 276 g/mol. The van der Waals surface area contributed by atoms with Crippen molar-refractivity contribution in [2.24, 2.45) is 5.14 Å². The molecule has 1 aromatic carbocycles. The molecule has 1 atom stereocenters. The molecule has 0 aliphatic rings. The normalized spacial score (nSPS) is 13.1. The maximum Gasteiger partial charge on any atom is 0.238 e. The molecule has 0 saturated heterocycles. The van der Waals surface area contributed by atoms with Gasteiger partial charge in [0.05, 0.1) is 4.90 Å². The van der Waals surface area contributed by atoms with Crippen molar-refractivity contribution in [2.75, 3.05) is 5.32 Å². The van der Waals surface area contributed by atoms with E-state index in [0.29, 0.717) is 0 Å². The summed E-state index contributed by atoms with van der Waals surface area (Å²) in [5, 5.41) is 12.5. The van der Waals surface area contributed by atoms with E-state index in [9.17, 15) is 8.42 Å². The summed E-state index contributed by atoms with van der Waals surface area (Å²) in [5.74, 6) is 0. The Labute approximate surface area is 118 Å². The first-order valence-corrected chi connectivity index (χ1v) is 7.86. The Morgan fingerprint density at radius 2 is 2.20 bits per heavy atom. The van der Waals surface area contributed by atoms with E-state index in [-0.39, 0.29) is 10.9 Å². The van der Waals surface area contributed by atoms with Gasteiger partial charge in [0.1, 0.15) is 0 Å². The van der Waals surface area contributed by atoms with E-state index >= 15 is 0 Å². The number of nitrogens with zero attached hydrogens (tertiary/aromatic N) is 2. The van der Waals surface area contributed by atoms with Gasteiger partial charge in [0.2, 0.25) is 10.0 Å². The van der Waals surface area contributed by atoms with Crippen LogP contribution in [-0.2, 0) is 16.6 Å². The molecule has 7 heteroatoms. The number of hydrogen-bond donors (Lipinski definition) is 2. The van der Waals surface area contributed by atoms with E-state index < -0.39 is 10.0 Å². The van der Waals surface area contributed by atoms with Crippen LogP contribution in [0.25, 0.3) is 0 Å². The van der Waals surface area contributed by atoms with Gasteiger partial charge in [-0.05, 0) is 37.6 Å². The van der Waals surface area contributed by atoms with Crippen LogP contribution in [0.3, 0.4) is 0 Å². The predicted octanol–water partition coefficient (Wildman–Crippen LogP) is 1.42. The van der Waals surface area contributed by atoms with Crippen LogP contribution in [0.4, 0.5) is 5.69 Å². The lowest BCUT2D eigenvalue weighted by atomic mass is 10.2. The number of hydrogen-bond acceptors (Lipinski definition) is 4. The summed E-state index contributed by atoms with van der Waals surface area (Å²) in [7, 11) is -3.66. The van der Waals surface area contributed by atoms with Gasteiger partial charge >= 0.3 is 0 Å². The molecule has 3 N–H and O–H groups in total. The summed E-state index contributed by atoms with van der Waals surface area (Å²) in [5.41, 5.74) is 0.740. The van der Waals surface area contributed by atoms with Gasteiger partial charge in [-0.2, -0.15) is 5.10 Å². The van der Waals surface area contributed by atoms with Gasteiger partial charge in [0, 0.05) is 30.7 Å². The molecular formula is C13H18N4O2S. The van der Waals surface area contributed by atoms with Crippen LogP contribution in [0.1, 0.15) is 13.3 Å². The lowest BCUT2D eigenvalue weighted by Gasteiger charge is -2.15. The Kier molecular flexibility index (Phi) is 4.41. The average Bonchev–Trinajstić information content (AvgIpc) is 2.89. The summed E-state index contributed by atoms with van der Waals surface area (Å²) < 4.78 is 24.4. The Morgan fingerprint density at radius 1 is 1.40 bits per heavy atom. The zero-order chi connectivity index (χ0) is 14.6. The second kappa shape index (κ2) is 6.06. The molecule has 0 aliphatic heterocycles. The highest BCUT2D eigenvalue weighted by Gasteiger charge is 2.09. The van der Waals surface area contributed by atoms with Gasteiger partial charge in [-0.15, -0.1) is 0 Å². The third-order valence-electron chi connectivity index (χ3n) is 2.93. The van der Waals surface area contributed by atoms with E-state index in [0.717, 1.165) is 18.7 Å². The number of primary sulfonamides is 1. The van der Waals surface area contributed by atoms with Crippen molar-refractivity contribution in [3.63, 3.8) is 0 Å². The smallest absolute Gasteiger partial charge is 0.238 e. The number of rotatable bonds is 6. The largest absolute Gasteiger partial charge is 0.382 e. The topological polar surface area (TPSA) is 90.0 Å². The highest BCUT2D eigenvalue weighted by Crippen LogP contribution is 2.15. The summed E-state index contributed by atoms with van der Waals surface area (Å²) >= 11 is 0. The van der Waals surface area contributed by atoms with Crippen LogP contribution in [0.5, 0.6) is 0 Å². The number of sulfonamides is 1. The Hall–Kier alpha value is -1.86. The van der Waals surface area contributed by atoms with Crippen molar-refractivity contribution in [3.8, 4) is 0 Å². The Balaban J connectivity index is 1.95. The average molecular weight is 294 g/mol. The molecule has 2 rings (SSSR count). The highest BCUT2D eigenvalue weighted by molar-refractivity contribution is 7.89. The standard InChI is InChI=1S/C13H18N4O2S/c1-11(6-9-17-8-3-7-15-17)16-12-4-2-5-13(10-12)20(14,18)19/h2-5,7-8,10-11,16H,6,9H2,1H3,(H2,14,18,19)/t11-/m1/s1. The monoisotopic (exact) mass is 294 g/mol. The third-order valence-corrected chi connectivity index (χ3v) is 3.84. The van der Waals surface area contributed by atoms with E-state index in [1.165, 1.54) is 6.07 Å². The zero-order valence-corrected chi connectivity index (χ0v) is 12.0. The minimum Gasteiger partial charge on any atom is -0.382 e. The van der Waals surface area contributed by atoms with Crippen LogP contribution < -0.4 is 10.5 Å². The maximum absolute atomic E-state index is 11.3. The van der Waals surface area contributed by atoms with Gasteiger partial charge in [0.15, 0.2) is 0 Å². The minimum atomic E-state index is -3.66. The van der Waals surface area contributed by atoms with Crippen molar-refractivity contribution in [3.05, 3.63) is 42.7 Å². The number of nitrogens with one attached hydrogen (secondary N) is 1. The highest BCUT2D eigenvalue weighted by atomic mass is 32.2. The fraction of sp³-hybridized carbons (Fsp3) is 0.308. The van der Waals surface area contributed by atoms with E-state index in [1.54, 1.807) is 18.3 Å². The lowest BCUT2D eigenvalue weighted by Crippen LogP contribution is -2.18. The molecule has 2 aromatic rings. The molecule has 0 saturated carbocycles. The molecule has 20 heavy (non-hydrogen) atoms. The first kappa shape index (κ1) is 14.5. The molecule has 0 amide bonds. The summed E-state index contributed by atoms with van der Waals surface area (Å²) in [4.78, 5) is 0.113. The third kappa shape index (κ3) is 4.07. The molecule has 0 bridgehead atoms. The first-order chi connectivity index (χ1) is 9.45. The van der Waals surface area contributed by atoms with E-state index in [4.69, 9.17) is 5.14 Å². The van der Waals surface area contributed by atoms with Crippen LogP contribution >= 0.6 is 0 Å². The van der Waals surface area contributed by atoms with Gasteiger partial charge in [0.25, 0.3) is 0 Å². The molecule has 1 heterocycles. The van der Waals surface area contributed by atoms with Crippen molar-refractivity contribution in [1.29, 1.82) is 0 Å². The summed E-state index contributed by atoms with van der Waals surface area (Å²) in [6.45, 7) is 2.84. The first-order valence-electron chi connectivity index (χ1n) is 6.32. The second-order valence-electron chi connectivity index (χ2n) is 4.68. The van der Waals surface area contributed by atoms with Crippen molar-refractivity contribution < 1.29 is 8.42 Å². The van der Waals surface area contributed by atoms with Crippen molar-refractivity contribution in [2.45, 2.75) is 30.8 Å². The Morgan fingerprint density at radius 3 is 2.85 bits per heavy atom. The number of anilines is 1. The number of aryl methyl sites for hydroxylation is 1. The van der Waals surface area contributed by atoms with Crippen LogP contribution in [0, 0.1) is 0 Å². The van der Waals surface area contributed by atoms with Gasteiger partial charge in [-0.3, -0.25) is 4.68 Å². The zero-order valence-electron chi connectivity index (χ0n) is 11.2. The molecule has 6 nitrogen and oxygen atoms in total. The minimum absolute atomic E-state index is 0.113. The fourth-order valence-electron chi connectivity index (χ4n) is 1.88. The Bertz CT molecular complexity index is 653. The molecule has 0 fully saturated rings. The molecule has 1 aromatic heterocycles. The number of benzene rings is 1. The van der Waals surface area contributed by atoms with Gasteiger partial charge < -0.3 is 5.32 Å². The van der Waals surface area contributed by atoms with Crippen LogP contribution in [0.15, 0.2) is 47.6 Å². The van der Waals surface area contributed by atoms with Gasteiger partial charge in [-0.1, -0.05) is 6.07 Å². The predicted molar refractivity (Wildman–Crippen MR) is 77.7 cm³/mol. The molecule has 0 spiro atoms. The summed E-state index contributed by atoms with van der Waals surface area (Å²) in [6.07, 6.45) is 4.53. The molecule has 0 radical (unpaired) electrons. The number of aromatic nitrogens is 2. The number of nitrogens with two attached hydrogens (primary N) is 1. The maximum atomic E-state index is 11.3. The summed E-state index contributed by atoms with van der Waals surface area (Å²) in [6, 6.07) is 8.58. The van der Waals surface area contributed by atoms with E-state index in [2.05, 4.69) is 10.4 Å². The van der Waals surface area contributed by atoms with Crippen LogP contribution in [0.2, 0.25) is 0 Å². The van der Waals surface area contributed by atoms with Crippen molar-refractivity contribution >= 4 is 15.7 Å². The fourth-order valence-corrected chi connectivity index (χ4v) is 2.44. The van der Waals surface area contributed by atoms with Crippen LogP contribution in [-0.4, -0.2) is 24.2 Å².